The number of ether oxygens (including phenoxy) is 1. The third-order valence-corrected chi connectivity index (χ3v) is 7.75. The molecule has 3 heterocycles. The van der Waals surface area contributed by atoms with Gasteiger partial charge in [-0.3, -0.25) is 9.69 Å². The van der Waals surface area contributed by atoms with E-state index >= 15 is 0 Å². The van der Waals surface area contributed by atoms with Gasteiger partial charge in [0.15, 0.2) is 11.6 Å². The minimum Gasteiger partial charge on any atom is -0.491 e. The Bertz CT molecular complexity index is 1260. The molecular weight excluding hydrogens is 542 g/mol. The maximum absolute atomic E-state index is 13.0. The molecule has 2 aromatic rings. The number of likely N-dealkylation sites (N-methyl/N-ethyl adjacent to an activating group) is 1. The van der Waals surface area contributed by atoms with Crippen LogP contribution in [-0.2, 0) is 4.79 Å². The molecule has 2 aliphatic rings. The zero-order chi connectivity index (χ0) is 29.1. The van der Waals surface area contributed by atoms with E-state index in [1.54, 1.807) is 32.2 Å². The fraction of sp³-hybridized carbons (Fsp3) is 0.536. The van der Waals surface area contributed by atoms with Crippen molar-refractivity contribution in [2.24, 2.45) is 17.6 Å². The predicted octanol–water partition coefficient (Wildman–Crippen LogP) is 2.98. The van der Waals surface area contributed by atoms with E-state index in [9.17, 15) is 18.7 Å². The van der Waals surface area contributed by atoms with E-state index in [0.29, 0.717) is 83.2 Å². The number of nitrogens with one attached hydrogen (secondary N) is 1. The van der Waals surface area contributed by atoms with E-state index in [1.807, 2.05) is 11.8 Å². The number of carbonyl (C=O) groups is 1. The molecule has 12 heteroatoms. The summed E-state index contributed by atoms with van der Waals surface area (Å²) in [6.45, 7) is 7.75. The number of aliphatic hydroxyl groups excluding tert-OH is 1. The van der Waals surface area contributed by atoms with E-state index < -0.39 is 12.5 Å². The van der Waals surface area contributed by atoms with Crippen molar-refractivity contribution in [3.63, 3.8) is 0 Å². The fourth-order valence-corrected chi connectivity index (χ4v) is 5.87. The summed E-state index contributed by atoms with van der Waals surface area (Å²) >= 11 is 6.61. The van der Waals surface area contributed by atoms with Crippen molar-refractivity contribution in [2.75, 3.05) is 57.8 Å². The molecule has 40 heavy (non-hydrogen) atoms. The van der Waals surface area contributed by atoms with E-state index in [2.05, 4.69) is 10.2 Å². The van der Waals surface area contributed by atoms with Gasteiger partial charge in [0.1, 0.15) is 24.3 Å². The highest BCUT2D eigenvalue weighted by molar-refractivity contribution is 6.33. The molecular formula is C28H37ClF2N6O3. The molecule has 2 fully saturated rings. The number of hydrogen-bond donors (Lipinski definition) is 3. The summed E-state index contributed by atoms with van der Waals surface area (Å²) in [5.74, 6) is 1.70. The zero-order valence-corrected chi connectivity index (χ0v) is 24.0. The summed E-state index contributed by atoms with van der Waals surface area (Å²) in [5, 5.41) is 13.3. The van der Waals surface area contributed by atoms with Gasteiger partial charge < -0.3 is 25.8 Å². The number of halogens is 3. The van der Waals surface area contributed by atoms with Gasteiger partial charge in [-0.15, -0.1) is 0 Å². The quantitative estimate of drug-likeness (QED) is 0.346. The molecule has 9 nitrogen and oxygen atoms in total. The van der Waals surface area contributed by atoms with Crippen molar-refractivity contribution >= 4 is 28.8 Å². The summed E-state index contributed by atoms with van der Waals surface area (Å²) in [4.78, 5) is 26.3. The lowest BCUT2D eigenvalue weighted by molar-refractivity contribution is -0.111. The Morgan fingerprint density at radius 2 is 1.90 bits per heavy atom. The summed E-state index contributed by atoms with van der Waals surface area (Å²) in [6, 6.07) is 5.08. The number of nitrogens with zero attached hydrogens (tertiary/aromatic N) is 4. The number of nitrogens with two attached hydrogens (primary N) is 1. The molecule has 218 valence electrons. The van der Waals surface area contributed by atoms with E-state index in [1.165, 1.54) is 6.92 Å². The topological polar surface area (TPSA) is 117 Å². The van der Waals surface area contributed by atoms with Crippen LogP contribution in [0.5, 0.6) is 5.75 Å². The van der Waals surface area contributed by atoms with E-state index in [-0.39, 0.29) is 30.8 Å². The van der Waals surface area contributed by atoms with Crippen LogP contribution in [0.3, 0.4) is 0 Å². The van der Waals surface area contributed by atoms with Crippen molar-refractivity contribution in [3.05, 3.63) is 40.2 Å². The molecule has 0 unspecified atom stereocenters. The molecule has 0 saturated carbocycles. The normalized spacial score (nSPS) is 20.6. The average molecular weight is 579 g/mol. The van der Waals surface area contributed by atoms with E-state index in [4.69, 9.17) is 32.0 Å². The average Bonchev–Trinajstić information content (AvgIpc) is 3.42. The second kappa shape index (κ2) is 12.8. The first-order chi connectivity index (χ1) is 19.0. The molecule has 0 aliphatic carbocycles. The first-order valence-electron chi connectivity index (χ1n) is 13.4. The summed E-state index contributed by atoms with van der Waals surface area (Å²) in [6.07, 6.45) is -3.04. The molecule has 0 spiro atoms. The SMILES string of the molecule is CNC[C@@H](O)COc1ccc(Cl)c(-c2nc(C(C(C)=O)=C(C)N)c(C)c(N3C[C@H]4CN(CC(F)F)C[C@H]4C3)n2)c1. The summed E-state index contributed by atoms with van der Waals surface area (Å²) < 4.78 is 31.7. The van der Waals surface area contributed by atoms with Crippen LogP contribution in [0, 0.1) is 18.8 Å². The maximum atomic E-state index is 13.0. The van der Waals surface area contributed by atoms with Crippen LogP contribution in [-0.4, -0.2) is 91.2 Å². The molecule has 4 rings (SSSR count). The monoisotopic (exact) mass is 578 g/mol. The number of anilines is 1. The van der Waals surface area contributed by atoms with Crippen molar-refractivity contribution in [3.8, 4) is 17.1 Å². The first kappa shape index (κ1) is 30.1. The van der Waals surface area contributed by atoms with Gasteiger partial charge in [0.2, 0.25) is 0 Å². The second-order valence-corrected chi connectivity index (χ2v) is 11.1. The highest BCUT2D eigenvalue weighted by atomic mass is 35.5. The fourth-order valence-electron chi connectivity index (χ4n) is 5.67. The number of carbonyl (C=O) groups excluding carboxylic acids is 1. The number of aliphatic hydroxyl groups is 1. The molecule has 4 N–H and O–H groups in total. The number of aromatic nitrogens is 2. The molecule has 3 atom stereocenters. The first-order valence-corrected chi connectivity index (χ1v) is 13.7. The van der Waals surface area contributed by atoms with Crippen molar-refractivity contribution in [1.29, 1.82) is 0 Å². The third-order valence-electron chi connectivity index (χ3n) is 7.42. The number of Topliss-reactive ketones (excluding diaryl/α,β-unsaturated/α-hetero) is 1. The lowest BCUT2D eigenvalue weighted by Gasteiger charge is -2.25. The molecule has 2 aliphatic heterocycles. The van der Waals surface area contributed by atoms with Gasteiger partial charge in [0, 0.05) is 49.5 Å². The second-order valence-electron chi connectivity index (χ2n) is 10.7. The Kier molecular flexibility index (Phi) is 9.60. The van der Waals surface area contributed by atoms with Crippen molar-refractivity contribution in [2.45, 2.75) is 33.3 Å². The highest BCUT2D eigenvalue weighted by Crippen LogP contribution is 2.38. The van der Waals surface area contributed by atoms with Crippen LogP contribution in [0.2, 0.25) is 5.02 Å². The number of ketones is 1. The van der Waals surface area contributed by atoms with Crippen LogP contribution in [0.1, 0.15) is 25.1 Å². The van der Waals surface area contributed by atoms with Crippen molar-refractivity contribution < 1.29 is 23.4 Å². The minimum atomic E-state index is -2.35. The molecule has 0 bridgehead atoms. The van der Waals surface area contributed by atoms with Gasteiger partial charge in [-0.25, -0.2) is 18.7 Å². The number of rotatable bonds is 11. The molecule has 1 aromatic heterocycles. The largest absolute Gasteiger partial charge is 0.491 e. The van der Waals surface area contributed by atoms with Gasteiger partial charge in [-0.1, -0.05) is 11.6 Å². The number of allylic oxidation sites excluding steroid dienone is 2. The molecule has 2 saturated heterocycles. The maximum Gasteiger partial charge on any atom is 0.251 e. The summed E-state index contributed by atoms with van der Waals surface area (Å²) in [7, 11) is 1.74. The van der Waals surface area contributed by atoms with Gasteiger partial charge in [-0.05, 0) is 57.9 Å². The Hall–Kier alpha value is -2.86. The van der Waals surface area contributed by atoms with Crippen LogP contribution in [0.4, 0.5) is 14.6 Å². The lowest BCUT2D eigenvalue weighted by Crippen LogP contribution is -2.32. The Labute approximate surface area is 238 Å². The molecule has 0 radical (unpaired) electrons. The van der Waals surface area contributed by atoms with E-state index in [0.717, 1.165) is 0 Å². The van der Waals surface area contributed by atoms with Gasteiger partial charge in [0.25, 0.3) is 6.43 Å². The number of alkyl halides is 2. The number of hydrogen-bond acceptors (Lipinski definition) is 9. The highest BCUT2D eigenvalue weighted by Gasteiger charge is 2.41. The zero-order valence-electron chi connectivity index (χ0n) is 23.3. The Morgan fingerprint density at radius 3 is 2.48 bits per heavy atom. The molecule has 1 aromatic carbocycles. The Balaban J connectivity index is 1.73. The third kappa shape index (κ3) is 6.71. The Morgan fingerprint density at radius 1 is 1.23 bits per heavy atom. The van der Waals surface area contributed by atoms with Crippen LogP contribution >= 0.6 is 11.6 Å². The van der Waals surface area contributed by atoms with Crippen LogP contribution in [0.25, 0.3) is 17.0 Å². The van der Waals surface area contributed by atoms with Gasteiger partial charge in [0.05, 0.1) is 22.8 Å². The molecule has 0 amide bonds. The minimum absolute atomic E-state index is 0.0793. The predicted molar refractivity (Wildman–Crippen MR) is 152 cm³/mol. The smallest absolute Gasteiger partial charge is 0.251 e. The van der Waals surface area contributed by atoms with Crippen molar-refractivity contribution in [1.82, 2.24) is 20.2 Å². The summed E-state index contributed by atoms with van der Waals surface area (Å²) in [5.41, 5.74) is 8.44. The number of likely N-dealkylation sites (tertiary alicyclic amines) is 1. The number of benzene rings is 1. The van der Waals surface area contributed by atoms with Crippen LogP contribution < -0.4 is 20.7 Å². The van der Waals surface area contributed by atoms with Crippen LogP contribution in [0.15, 0.2) is 23.9 Å². The van der Waals surface area contributed by atoms with Gasteiger partial charge >= 0.3 is 0 Å². The van der Waals surface area contributed by atoms with Gasteiger partial charge in [-0.2, -0.15) is 0 Å². The number of fused-ring (bicyclic) bond motifs is 1. The standard InChI is InChI=1S/C28H37ClF2N6O3/c1-15-26(25(16(2)32)17(3)38)34-27(22-7-21(5-6-23(22)29)40-14-20(39)8-33-4)35-28(15)37-11-18-9-36(13-24(30)31)10-19(18)12-37/h5-7,18-20,24,33,39H,8-14,32H2,1-4H3/t18-,19+,20-/m1/s1. The lowest BCUT2D eigenvalue weighted by atomic mass is 10.0.